The van der Waals surface area contributed by atoms with Gasteiger partial charge in [0, 0.05) is 20.8 Å². The Morgan fingerprint density at radius 3 is 2.37 bits per heavy atom. The van der Waals surface area contributed by atoms with E-state index in [0.29, 0.717) is 6.04 Å². The van der Waals surface area contributed by atoms with Crippen LogP contribution in [0.5, 0.6) is 0 Å². The molecule has 0 amide bonds. The highest BCUT2D eigenvalue weighted by atomic mass is 79.9. The predicted octanol–water partition coefficient (Wildman–Crippen LogP) is 4.97. The molecule has 1 atom stereocenters. The van der Waals surface area contributed by atoms with Crippen molar-refractivity contribution in [2.45, 2.75) is 32.7 Å². The predicted molar refractivity (Wildman–Crippen MR) is 88.0 cm³/mol. The standard InChI is InChI=1S/C16H20BrNS/c1-3-12-5-7-13(8-6-12)9-15(18-4-2)16-10-14(17)11-19-16/h5-8,10-11,15,18H,3-4,9H2,1-2H3. The molecule has 0 bridgehead atoms. The molecule has 2 aromatic rings. The van der Waals surface area contributed by atoms with Crippen LogP contribution in [-0.4, -0.2) is 6.54 Å². The van der Waals surface area contributed by atoms with E-state index < -0.39 is 0 Å². The van der Waals surface area contributed by atoms with Crippen molar-refractivity contribution >= 4 is 27.3 Å². The fourth-order valence-corrected chi connectivity index (χ4v) is 3.70. The molecule has 1 aromatic heterocycles. The molecule has 2 rings (SSSR count). The van der Waals surface area contributed by atoms with Gasteiger partial charge < -0.3 is 5.32 Å². The third kappa shape index (κ3) is 4.16. The summed E-state index contributed by atoms with van der Waals surface area (Å²) in [6.07, 6.45) is 2.15. The smallest absolute Gasteiger partial charge is 0.0455 e. The molecule has 0 aliphatic heterocycles. The van der Waals surface area contributed by atoms with E-state index in [2.05, 4.69) is 70.8 Å². The van der Waals surface area contributed by atoms with Crippen molar-refractivity contribution in [3.8, 4) is 0 Å². The third-order valence-electron chi connectivity index (χ3n) is 3.25. The van der Waals surface area contributed by atoms with Crippen LogP contribution < -0.4 is 5.32 Å². The largest absolute Gasteiger partial charge is 0.309 e. The van der Waals surface area contributed by atoms with Gasteiger partial charge in [-0.05, 0) is 52.5 Å². The Bertz CT molecular complexity index is 504. The first-order valence-electron chi connectivity index (χ1n) is 6.78. The topological polar surface area (TPSA) is 12.0 Å². The Morgan fingerprint density at radius 2 is 1.84 bits per heavy atom. The summed E-state index contributed by atoms with van der Waals surface area (Å²) in [5, 5.41) is 5.73. The molecule has 0 aliphatic rings. The number of rotatable bonds is 6. The lowest BCUT2D eigenvalue weighted by Gasteiger charge is -2.16. The summed E-state index contributed by atoms with van der Waals surface area (Å²) in [6, 6.07) is 11.6. The molecule has 0 fully saturated rings. The molecule has 0 spiro atoms. The van der Waals surface area contributed by atoms with Gasteiger partial charge in [-0.2, -0.15) is 0 Å². The van der Waals surface area contributed by atoms with Crippen molar-refractivity contribution < 1.29 is 0 Å². The number of thiophene rings is 1. The van der Waals surface area contributed by atoms with Gasteiger partial charge in [-0.1, -0.05) is 38.1 Å². The molecule has 19 heavy (non-hydrogen) atoms. The minimum absolute atomic E-state index is 0.411. The summed E-state index contributed by atoms with van der Waals surface area (Å²) in [5.41, 5.74) is 2.80. The maximum Gasteiger partial charge on any atom is 0.0455 e. The van der Waals surface area contributed by atoms with Gasteiger partial charge in [0.1, 0.15) is 0 Å². The van der Waals surface area contributed by atoms with Crippen LogP contribution in [0.1, 0.15) is 35.9 Å². The summed E-state index contributed by atoms with van der Waals surface area (Å²) >= 11 is 5.35. The molecule has 1 unspecified atom stereocenters. The molecule has 1 heterocycles. The van der Waals surface area contributed by atoms with Crippen LogP contribution in [0.4, 0.5) is 0 Å². The zero-order valence-corrected chi connectivity index (χ0v) is 13.9. The number of likely N-dealkylation sites (N-methyl/N-ethyl adjacent to an activating group) is 1. The van der Waals surface area contributed by atoms with Crippen LogP contribution >= 0.6 is 27.3 Å². The monoisotopic (exact) mass is 337 g/mol. The lowest BCUT2D eigenvalue weighted by atomic mass is 10.0. The van der Waals surface area contributed by atoms with Crippen LogP contribution in [0.3, 0.4) is 0 Å². The van der Waals surface area contributed by atoms with Gasteiger partial charge in [-0.15, -0.1) is 11.3 Å². The molecular formula is C16H20BrNS. The second kappa shape index (κ2) is 7.22. The molecule has 1 N–H and O–H groups in total. The first-order chi connectivity index (χ1) is 9.22. The van der Waals surface area contributed by atoms with E-state index in [1.54, 1.807) is 0 Å². The molecule has 0 saturated carbocycles. The van der Waals surface area contributed by atoms with Crippen LogP contribution in [0.2, 0.25) is 0 Å². The van der Waals surface area contributed by atoms with Crippen LogP contribution in [0.25, 0.3) is 0 Å². The molecule has 3 heteroatoms. The van der Waals surface area contributed by atoms with Crippen LogP contribution in [-0.2, 0) is 12.8 Å². The fourth-order valence-electron chi connectivity index (χ4n) is 2.18. The molecule has 102 valence electrons. The van der Waals surface area contributed by atoms with Crippen molar-refractivity contribution in [1.29, 1.82) is 0 Å². The molecule has 0 radical (unpaired) electrons. The lowest BCUT2D eigenvalue weighted by molar-refractivity contribution is 0.558. The first-order valence-corrected chi connectivity index (χ1v) is 8.45. The third-order valence-corrected chi connectivity index (χ3v) is 5.06. The average Bonchev–Trinajstić information content (AvgIpc) is 2.86. The molecular weight excluding hydrogens is 318 g/mol. The van der Waals surface area contributed by atoms with E-state index in [0.717, 1.165) is 19.4 Å². The van der Waals surface area contributed by atoms with E-state index in [-0.39, 0.29) is 0 Å². The zero-order valence-electron chi connectivity index (χ0n) is 11.4. The van der Waals surface area contributed by atoms with Gasteiger partial charge in [0.05, 0.1) is 0 Å². The lowest BCUT2D eigenvalue weighted by Crippen LogP contribution is -2.22. The molecule has 1 nitrogen and oxygen atoms in total. The summed E-state index contributed by atoms with van der Waals surface area (Å²) in [4.78, 5) is 1.40. The maximum atomic E-state index is 3.58. The second-order valence-electron chi connectivity index (χ2n) is 4.65. The highest BCUT2D eigenvalue weighted by Crippen LogP contribution is 2.28. The van der Waals surface area contributed by atoms with Gasteiger partial charge in [0.2, 0.25) is 0 Å². The average molecular weight is 338 g/mol. The first kappa shape index (κ1) is 14.8. The summed E-state index contributed by atoms with van der Waals surface area (Å²) < 4.78 is 1.18. The van der Waals surface area contributed by atoms with Crippen LogP contribution in [0.15, 0.2) is 40.2 Å². The summed E-state index contributed by atoms with van der Waals surface area (Å²) in [7, 11) is 0. The fraction of sp³-hybridized carbons (Fsp3) is 0.375. The van der Waals surface area contributed by atoms with Crippen molar-refractivity contribution in [2.75, 3.05) is 6.54 Å². The highest BCUT2D eigenvalue weighted by molar-refractivity contribution is 9.10. The number of benzene rings is 1. The minimum Gasteiger partial charge on any atom is -0.309 e. The normalized spacial score (nSPS) is 12.6. The van der Waals surface area contributed by atoms with Crippen molar-refractivity contribution in [1.82, 2.24) is 5.32 Å². The van der Waals surface area contributed by atoms with E-state index in [1.807, 2.05) is 11.3 Å². The van der Waals surface area contributed by atoms with E-state index in [4.69, 9.17) is 0 Å². The number of hydrogen-bond donors (Lipinski definition) is 1. The van der Waals surface area contributed by atoms with Gasteiger partial charge in [0.15, 0.2) is 0 Å². The molecule has 0 aliphatic carbocycles. The van der Waals surface area contributed by atoms with Gasteiger partial charge in [-0.3, -0.25) is 0 Å². The Hall–Kier alpha value is -0.640. The SMILES string of the molecule is CCNC(Cc1ccc(CC)cc1)c1cc(Br)cs1. The minimum atomic E-state index is 0.411. The maximum absolute atomic E-state index is 3.58. The molecule has 1 aromatic carbocycles. The van der Waals surface area contributed by atoms with Crippen molar-refractivity contribution in [3.05, 3.63) is 56.2 Å². The van der Waals surface area contributed by atoms with Crippen molar-refractivity contribution in [2.24, 2.45) is 0 Å². The van der Waals surface area contributed by atoms with Gasteiger partial charge >= 0.3 is 0 Å². The van der Waals surface area contributed by atoms with Gasteiger partial charge in [-0.25, -0.2) is 0 Å². The van der Waals surface area contributed by atoms with E-state index in [9.17, 15) is 0 Å². The number of halogens is 1. The Morgan fingerprint density at radius 1 is 1.16 bits per heavy atom. The second-order valence-corrected chi connectivity index (χ2v) is 6.51. The van der Waals surface area contributed by atoms with Crippen molar-refractivity contribution in [3.63, 3.8) is 0 Å². The summed E-state index contributed by atoms with van der Waals surface area (Å²) in [6.45, 7) is 5.35. The summed E-state index contributed by atoms with van der Waals surface area (Å²) in [5.74, 6) is 0. The van der Waals surface area contributed by atoms with E-state index in [1.165, 1.54) is 20.5 Å². The Kier molecular flexibility index (Phi) is 5.61. The number of hydrogen-bond acceptors (Lipinski definition) is 2. The van der Waals surface area contributed by atoms with Gasteiger partial charge in [0.25, 0.3) is 0 Å². The number of aryl methyl sites for hydroxylation is 1. The highest BCUT2D eigenvalue weighted by Gasteiger charge is 2.13. The zero-order chi connectivity index (χ0) is 13.7. The number of nitrogens with one attached hydrogen (secondary N) is 1. The van der Waals surface area contributed by atoms with E-state index >= 15 is 0 Å². The van der Waals surface area contributed by atoms with Crippen LogP contribution in [0, 0.1) is 0 Å². The Labute approximate surface area is 128 Å². The molecule has 0 saturated heterocycles. The Balaban J connectivity index is 2.11. The quantitative estimate of drug-likeness (QED) is 0.784.